The normalized spacial score (nSPS) is 19.8. The fourth-order valence-corrected chi connectivity index (χ4v) is 3.19. The third-order valence-electron chi connectivity index (χ3n) is 4.61. The number of hydrogen-bond acceptors (Lipinski definition) is 5. The van der Waals surface area contributed by atoms with Gasteiger partial charge in [0.1, 0.15) is 18.0 Å². The zero-order valence-corrected chi connectivity index (χ0v) is 14.4. The van der Waals surface area contributed by atoms with Gasteiger partial charge in [-0.05, 0) is 37.5 Å². The van der Waals surface area contributed by atoms with Crippen LogP contribution in [-0.4, -0.2) is 37.4 Å². The Morgan fingerprint density at radius 1 is 1.11 bits per heavy atom. The molecule has 1 aliphatic rings. The van der Waals surface area contributed by atoms with Crippen molar-refractivity contribution < 1.29 is 18.6 Å². The number of aromatic nitrogens is 4. The summed E-state index contributed by atoms with van der Waals surface area (Å²) >= 11 is 0. The van der Waals surface area contributed by atoms with Crippen LogP contribution in [0, 0.1) is 5.82 Å². The highest BCUT2D eigenvalue weighted by Crippen LogP contribution is 2.30. The van der Waals surface area contributed by atoms with Crippen LogP contribution in [0.2, 0.25) is 0 Å². The SMILES string of the molecule is Oc1cc(-n2cc(F)cn2)ccc1-c1ccc(O[C@H]2CCCC[C@H]2F)nn1. The number of phenolic OH excluding ortho intramolecular Hbond substituents is 1. The van der Waals surface area contributed by atoms with Gasteiger partial charge in [-0.1, -0.05) is 6.42 Å². The van der Waals surface area contributed by atoms with Crippen molar-refractivity contribution in [3.05, 3.63) is 48.5 Å². The Morgan fingerprint density at radius 2 is 1.96 bits per heavy atom. The molecule has 2 aromatic heterocycles. The lowest BCUT2D eigenvalue weighted by Gasteiger charge is -2.25. The van der Waals surface area contributed by atoms with Crippen LogP contribution in [0.25, 0.3) is 16.9 Å². The van der Waals surface area contributed by atoms with E-state index in [1.165, 1.54) is 16.9 Å². The largest absolute Gasteiger partial charge is 0.507 e. The Balaban J connectivity index is 1.51. The molecule has 1 N–H and O–H groups in total. The van der Waals surface area contributed by atoms with E-state index in [2.05, 4.69) is 15.3 Å². The fourth-order valence-electron chi connectivity index (χ4n) is 3.19. The number of phenols is 1. The molecule has 2 heterocycles. The molecule has 140 valence electrons. The van der Waals surface area contributed by atoms with Crippen LogP contribution in [0.3, 0.4) is 0 Å². The minimum Gasteiger partial charge on any atom is -0.507 e. The van der Waals surface area contributed by atoms with Crippen LogP contribution in [-0.2, 0) is 0 Å². The molecular formula is C19H18F2N4O2. The van der Waals surface area contributed by atoms with Gasteiger partial charge in [0, 0.05) is 17.7 Å². The predicted molar refractivity (Wildman–Crippen MR) is 94.0 cm³/mol. The minimum atomic E-state index is -0.982. The number of aromatic hydroxyl groups is 1. The summed E-state index contributed by atoms with van der Waals surface area (Å²) in [6.07, 6.45) is 3.83. The lowest BCUT2D eigenvalue weighted by atomic mass is 9.96. The number of rotatable bonds is 4. The molecule has 4 rings (SSSR count). The molecule has 27 heavy (non-hydrogen) atoms. The Hall–Kier alpha value is -3.03. The quantitative estimate of drug-likeness (QED) is 0.753. The minimum absolute atomic E-state index is 0.0394. The third kappa shape index (κ3) is 3.74. The molecule has 3 aromatic rings. The summed E-state index contributed by atoms with van der Waals surface area (Å²) in [5.74, 6) is -0.243. The number of hydrogen-bond donors (Lipinski definition) is 1. The van der Waals surface area contributed by atoms with Gasteiger partial charge in [-0.3, -0.25) is 0 Å². The van der Waals surface area contributed by atoms with Crippen LogP contribution in [0.15, 0.2) is 42.7 Å². The third-order valence-corrected chi connectivity index (χ3v) is 4.61. The number of halogens is 2. The topological polar surface area (TPSA) is 73.1 Å². The molecule has 1 aromatic carbocycles. The van der Waals surface area contributed by atoms with E-state index in [1.54, 1.807) is 24.3 Å². The van der Waals surface area contributed by atoms with E-state index in [9.17, 15) is 13.9 Å². The van der Waals surface area contributed by atoms with Crippen molar-refractivity contribution in [1.82, 2.24) is 20.0 Å². The Labute approximate surface area is 154 Å². The average Bonchev–Trinajstić information content (AvgIpc) is 3.11. The van der Waals surface area contributed by atoms with Gasteiger partial charge in [0.25, 0.3) is 0 Å². The number of nitrogens with zero attached hydrogens (tertiary/aromatic N) is 4. The first-order valence-corrected chi connectivity index (χ1v) is 8.78. The first-order valence-electron chi connectivity index (χ1n) is 8.78. The maximum atomic E-state index is 13.9. The van der Waals surface area contributed by atoms with Gasteiger partial charge in [-0.15, -0.1) is 10.2 Å². The monoisotopic (exact) mass is 372 g/mol. The van der Waals surface area contributed by atoms with Crippen molar-refractivity contribution in [2.75, 3.05) is 0 Å². The molecular weight excluding hydrogens is 354 g/mol. The summed E-state index contributed by atoms with van der Waals surface area (Å²) in [7, 11) is 0. The number of benzene rings is 1. The van der Waals surface area contributed by atoms with Gasteiger partial charge in [-0.25, -0.2) is 13.5 Å². The lowest BCUT2D eigenvalue weighted by Crippen LogP contribution is -2.32. The molecule has 6 nitrogen and oxygen atoms in total. The Kier molecular flexibility index (Phi) is 4.70. The van der Waals surface area contributed by atoms with E-state index in [0.29, 0.717) is 29.8 Å². The van der Waals surface area contributed by atoms with E-state index in [1.807, 2.05) is 0 Å². The summed E-state index contributed by atoms with van der Waals surface area (Å²) in [4.78, 5) is 0. The molecule has 1 fully saturated rings. The second kappa shape index (κ2) is 7.30. The molecule has 0 unspecified atom stereocenters. The smallest absolute Gasteiger partial charge is 0.233 e. The van der Waals surface area contributed by atoms with Crippen LogP contribution >= 0.6 is 0 Å². The van der Waals surface area contributed by atoms with E-state index < -0.39 is 18.1 Å². The highest BCUT2D eigenvalue weighted by molar-refractivity contribution is 5.68. The molecule has 0 bridgehead atoms. The van der Waals surface area contributed by atoms with Gasteiger partial charge in [0.15, 0.2) is 5.82 Å². The van der Waals surface area contributed by atoms with Crippen LogP contribution in [0.4, 0.5) is 8.78 Å². The first-order chi connectivity index (χ1) is 13.1. The van der Waals surface area contributed by atoms with Crippen LogP contribution in [0.1, 0.15) is 25.7 Å². The molecule has 0 radical (unpaired) electrons. The first kappa shape index (κ1) is 17.4. The number of ether oxygens (including phenoxy) is 1. The van der Waals surface area contributed by atoms with Crippen LogP contribution < -0.4 is 4.74 Å². The highest BCUT2D eigenvalue weighted by Gasteiger charge is 2.26. The van der Waals surface area contributed by atoms with Crippen molar-refractivity contribution in [1.29, 1.82) is 0 Å². The lowest BCUT2D eigenvalue weighted by molar-refractivity contribution is 0.0594. The second-order valence-corrected chi connectivity index (χ2v) is 6.52. The number of alkyl halides is 1. The van der Waals surface area contributed by atoms with Crippen molar-refractivity contribution in [2.45, 2.75) is 38.0 Å². The molecule has 0 aliphatic heterocycles. The Morgan fingerprint density at radius 3 is 2.63 bits per heavy atom. The molecule has 0 saturated heterocycles. The van der Waals surface area contributed by atoms with Crippen molar-refractivity contribution in [2.24, 2.45) is 0 Å². The standard InChI is InChI=1S/C19H18F2N4O2/c20-12-10-22-25(11-12)13-5-6-14(17(26)9-13)16-7-8-19(24-23-16)27-18-4-2-1-3-15(18)21/h5-11,15,18,26H,1-4H2/t15-,18+/m1/s1. The van der Waals surface area contributed by atoms with Crippen molar-refractivity contribution in [3.8, 4) is 28.6 Å². The highest BCUT2D eigenvalue weighted by atomic mass is 19.1. The predicted octanol–water partition coefficient (Wildman–Crippen LogP) is 3.83. The van der Waals surface area contributed by atoms with E-state index in [-0.39, 0.29) is 11.6 Å². The van der Waals surface area contributed by atoms with Gasteiger partial charge in [-0.2, -0.15) is 5.10 Å². The van der Waals surface area contributed by atoms with Gasteiger partial charge < -0.3 is 9.84 Å². The fraction of sp³-hybridized carbons (Fsp3) is 0.316. The van der Waals surface area contributed by atoms with Crippen molar-refractivity contribution >= 4 is 0 Å². The molecule has 0 amide bonds. The summed E-state index contributed by atoms with van der Waals surface area (Å²) < 4.78 is 33.9. The molecule has 8 heteroatoms. The average molecular weight is 372 g/mol. The van der Waals surface area contributed by atoms with E-state index in [0.717, 1.165) is 19.0 Å². The van der Waals surface area contributed by atoms with Crippen LogP contribution in [0.5, 0.6) is 11.6 Å². The summed E-state index contributed by atoms with van der Waals surface area (Å²) in [5, 5.41) is 22.2. The van der Waals surface area contributed by atoms with E-state index >= 15 is 0 Å². The summed E-state index contributed by atoms with van der Waals surface area (Å²) in [6, 6.07) is 8.06. The molecule has 1 saturated carbocycles. The van der Waals surface area contributed by atoms with E-state index in [4.69, 9.17) is 4.74 Å². The van der Waals surface area contributed by atoms with Crippen molar-refractivity contribution in [3.63, 3.8) is 0 Å². The summed E-state index contributed by atoms with van der Waals surface area (Å²) in [6.45, 7) is 0. The Bertz CT molecular complexity index is 930. The zero-order valence-electron chi connectivity index (χ0n) is 14.4. The summed E-state index contributed by atoms with van der Waals surface area (Å²) in [5.41, 5.74) is 1.42. The second-order valence-electron chi connectivity index (χ2n) is 6.52. The zero-order chi connectivity index (χ0) is 18.8. The maximum absolute atomic E-state index is 13.9. The maximum Gasteiger partial charge on any atom is 0.233 e. The molecule has 2 atom stereocenters. The molecule has 1 aliphatic carbocycles. The van der Waals surface area contributed by atoms with Gasteiger partial charge in [0.05, 0.1) is 23.8 Å². The van der Waals surface area contributed by atoms with Gasteiger partial charge >= 0.3 is 0 Å². The van der Waals surface area contributed by atoms with Gasteiger partial charge in [0.2, 0.25) is 5.88 Å². The molecule has 0 spiro atoms.